The first-order chi connectivity index (χ1) is 9.51. The SMILES string of the molecule is CNc1ccc(C(=O)Nc2cc(Br)ccc2F)c(C)c1. The molecule has 20 heavy (non-hydrogen) atoms. The van der Waals surface area contributed by atoms with Crippen LogP contribution in [0.5, 0.6) is 0 Å². The third-order valence-electron chi connectivity index (χ3n) is 2.94. The molecule has 0 saturated heterocycles. The number of benzene rings is 2. The Hall–Kier alpha value is -1.88. The summed E-state index contributed by atoms with van der Waals surface area (Å²) in [6.45, 7) is 1.84. The highest BCUT2D eigenvalue weighted by Crippen LogP contribution is 2.22. The minimum absolute atomic E-state index is 0.154. The minimum Gasteiger partial charge on any atom is -0.388 e. The predicted molar refractivity (Wildman–Crippen MR) is 82.8 cm³/mol. The fourth-order valence-electron chi connectivity index (χ4n) is 1.86. The molecule has 0 aliphatic carbocycles. The van der Waals surface area contributed by atoms with Crippen LogP contribution in [0.3, 0.4) is 0 Å². The Morgan fingerprint density at radius 1 is 1.20 bits per heavy atom. The van der Waals surface area contributed by atoms with E-state index in [4.69, 9.17) is 0 Å². The van der Waals surface area contributed by atoms with Gasteiger partial charge in [0.1, 0.15) is 5.82 Å². The molecular formula is C15H14BrFN2O. The summed E-state index contributed by atoms with van der Waals surface area (Å²) in [5.41, 5.74) is 2.42. The van der Waals surface area contributed by atoms with Gasteiger partial charge in [0.2, 0.25) is 0 Å². The molecular weight excluding hydrogens is 323 g/mol. The van der Waals surface area contributed by atoms with Crippen LogP contribution in [0.1, 0.15) is 15.9 Å². The maximum atomic E-state index is 13.6. The number of anilines is 2. The van der Waals surface area contributed by atoms with Gasteiger partial charge >= 0.3 is 0 Å². The van der Waals surface area contributed by atoms with Gasteiger partial charge in [-0.25, -0.2) is 4.39 Å². The van der Waals surface area contributed by atoms with Crippen LogP contribution in [0, 0.1) is 12.7 Å². The summed E-state index contributed by atoms with van der Waals surface area (Å²) < 4.78 is 14.3. The zero-order chi connectivity index (χ0) is 14.7. The highest BCUT2D eigenvalue weighted by atomic mass is 79.9. The second-order valence-electron chi connectivity index (χ2n) is 4.36. The third kappa shape index (κ3) is 3.17. The molecule has 0 aliphatic heterocycles. The molecule has 0 fully saturated rings. The lowest BCUT2D eigenvalue weighted by Crippen LogP contribution is -2.14. The van der Waals surface area contributed by atoms with Gasteiger partial charge in [-0.1, -0.05) is 15.9 Å². The third-order valence-corrected chi connectivity index (χ3v) is 3.43. The van der Waals surface area contributed by atoms with Gasteiger partial charge in [-0.2, -0.15) is 0 Å². The molecule has 0 spiro atoms. The van der Waals surface area contributed by atoms with Gasteiger partial charge in [0, 0.05) is 22.8 Å². The van der Waals surface area contributed by atoms with Gasteiger partial charge in [-0.3, -0.25) is 4.79 Å². The molecule has 5 heteroatoms. The van der Waals surface area contributed by atoms with Crippen molar-refractivity contribution < 1.29 is 9.18 Å². The summed E-state index contributed by atoms with van der Waals surface area (Å²) in [6, 6.07) is 9.80. The van der Waals surface area contributed by atoms with Crippen molar-refractivity contribution in [2.75, 3.05) is 17.7 Å². The first-order valence-corrected chi connectivity index (χ1v) is 6.85. The molecule has 0 radical (unpaired) electrons. The van der Waals surface area contributed by atoms with Gasteiger partial charge in [-0.05, 0) is 48.9 Å². The Kier molecular flexibility index (Phi) is 4.39. The summed E-state index contributed by atoms with van der Waals surface area (Å²) in [7, 11) is 1.81. The Morgan fingerprint density at radius 2 is 1.95 bits per heavy atom. The van der Waals surface area contributed by atoms with E-state index in [0.29, 0.717) is 10.0 Å². The highest BCUT2D eigenvalue weighted by Gasteiger charge is 2.12. The summed E-state index contributed by atoms with van der Waals surface area (Å²) in [5, 5.41) is 5.58. The van der Waals surface area contributed by atoms with Gasteiger partial charge < -0.3 is 10.6 Å². The summed E-state index contributed by atoms with van der Waals surface area (Å²) in [4.78, 5) is 12.2. The Bertz CT molecular complexity index is 658. The van der Waals surface area contributed by atoms with Crippen molar-refractivity contribution >= 4 is 33.2 Å². The molecule has 2 aromatic rings. The van der Waals surface area contributed by atoms with E-state index in [1.165, 1.54) is 12.1 Å². The lowest BCUT2D eigenvalue weighted by atomic mass is 10.1. The average molecular weight is 337 g/mol. The summed E-state index contributed by atoms with van der Waals surface area (Å²) in [6.07, 6.45) is 0. The zero-order valence-corrected chi connectivity index (χ0v) is 12.7. The molecule has 0 aromatic heterocycles. The van der Waals surface area contributed by atoms with Crippen LogP contribution >= 0.6 is 15.9 Å². The van der Waals surface area contributed by atoms with Crippen molar-refractivity contribution in [2.24, 2.45) is 0 Å². The molecule has 0 saturated carbocycles. The number of hydrogen-bond donors (Lipinski definition) is 2. The van der Waals surface area contributed by atoms with E-state index in [-0.39, 0.29) is 11.6 Å². The van der Waals surface area contributed by atoms with Crippen LogP contribution in [0.25, 0.3) is 0 Å². The molecule has 0 atom stereocenters. The van der Waals surface area contributed by atoms with Crippen LogP contribution in [0.4, 0.5) is 15.8 Å². The zero-order valence-electron chi connectivity index (χ0n) is 11.1. The molecule has 1 amide bonds. The topological polar surface area (TPSA) is 41.1 Å². The monoisotopic (exact) mass is 336 g/mol. The lowest BCUT2D eigenvalue weighted by Gasteiger charge is -2.10. The van der Waals surface area contributed by atoms with E-state index in [0.717, 1.165) is 11.3 Å². The number of carbonyl (C=O) groups excluding carboxylic acids is 1. The second kappa shape index (κ2) is 6.05. The van der Waals surface area contributed by atoms with E-state index < -0.39 is 5.82 Å². The van der Waals surface area contributed by atoms with Crippen LogP contribution in [0.2, 0.25) is 0 Å². The first-order valence-electron chi connectivity index (χ1n) is 6.06. The molecule has 104 valence electrons. The number of amides is 1. The second-order valence-corrected chi connectivity index (χ2v) is 5.27. The van der Waals surface area contributed by atoms with E-state index in [2.05, 4.69) is 26.6 Å². The normalized spacial score (nSPS) is 10.2. The van der Waals surface area contributed by atoms with Crippen molar-refractivity contribution in [3.8, 4) is 0 Å². The number of nitrogens with one attached hydrogen (secondary N) is 2. The summed E-state index contributed by atoms with van der Waals surface area (Å²) in [5.74, 6) is -0.798. The predicted octanol–water partition coefficient (Wildman–Crippen LogP) is 4.19. The van der Waals surface area contributed by atoms with Crippen molar-refractivity contribution in [1.82, 2.24) is 0 Å². The molecule has 0 heterocycles. The molecule has 2 aromatic carbocycles. The fraction of sp³-hybridized carbons (Fsp3) is 0.133. The number of aryl methyl sites for hydroxylation is 1. The Labute approximate surface area is 125 Å². The molecule has 2 N–H and O–H groups in total. The van der Waals surface area contributed by atoms with Crippen LogP contribution in [-0.4, -0.2) is 13.0 Å². The van der Waals surface area contributed by atoms with Crippen molar-refractivity contribution in [3.05, 3.63) is 57.8 Å². The summed E-state index contributed by atoms with van der Waals surface area (Å²) >= 11 is 3.25. The Balaban J connectivity index is 2.26. The number of halogens is 2. The van der Waals surface area contributed by atoms with Gasteiger partial charge in [0.05, 0.1) is 5.69 Å². The van der Waals surface area contributed by atoms with Crippen molar-refractivity contribution in [2.45, 2.75) is 6.92 Å². The maximum Gasteiger partial charge on any atom is 0.256 e. The van der Waals surface area contributed by atoms with E-state index in [1.807, 2.05) is 20.0 Å². The highest BCUT2D eigenvalue weighted by molar-refractivity contribution is 9.10. The van der Waals surface area contributed by atoms with Gasteiger partial charge in [0.25, 0.3) is 5.91 Å². The maximum absolute atomic E-state index is 13.6. The standard InChI is InChI=1S/C15H14BrFN2O/c1-9-7-11(18-2)4-5-12(9)15(20)19-14-8-10(16)3-6-13(14)17/h3-8,18H,1-2H3,(H,19,20). The van der Waals surface area contributed by atoms with E-state index in [1.54, 1.807) is 18.2 Å². The van der Waals surface area contributed by atoms with E-state index in [9.17, 15) is 9.18 Å². The first kappa shape index (κ1) is 14.5. The fourth-order valence-corrected chi connectivity index (χ4v) is 2.22. The molecule has 0 aliphatic rings. The van der Waals surface area contributed by atoms with Crippen LogP contribution in [0.15, 0.2) is 40.9 Å². The number of hydrogen-bond acceptors (Lipinski definition) is 2. The van der Waals surface area contributed by atoms with Crippen molar-refractivity contribution in [1.29, 1.82) is 0 Å². The quantitative estimate of drug-likeness (QED) is 0.882. The largest absolute Gasteiger partial charge is 0.388 e. The average Bonchev–Trinajstić information content (AvgIpc) is 2.42. The van der Waals surface area contributed by atoms with Crippen LogP contribution < -0.4 is 10.6 Å². The lowest BCUT2D eigenvalue weighted by molar-refractivity contribution is 0.102. The Morgan fingerprint density at radius 3 is 2.60 bits per heavy atom. The minimum atomic E-state index is -0.467. The molecule has 0 bridgehead atoms. The van der Waals surface area contributed by atoms with Gasteiger partial charge in [-0.15, -0.1) is 0 Å². The van der Waals surface area contributed by atoms with Crippen molar-refractivity contribution in [3.63, 3.8) is 0 Å². The number of rotatable bonds is 3. The number of carbonyl (C=O) groups is 1. The van der Waals surface area contributed by atoms with Gasteiger partial charge in [0.15, 0.2) is 0 Å². The smallest absolute Gasteiger partial charge is 0.256 e. The molecule has 2 rings (SSSR count). The van der Waals surface area contributed by atoms with Crippen LogP contribution in [-0.2, 0) is 0 Å². The molecule has 0 unspecified atom stereocenters. The molecule has 3 nitrogen and oxygen atoms in total. The van der Waals surface area contributed by atoms with E-state index >= 15 is 0 Å².